The Kier molecular flexibility index (Phi) is 4.59. The number of nitrogens with zero attached hydrogens (tertiary/aromatic N) is 1. The number of hydrogen-bond acceptors (Lipinski definition) is 4. The van der Waals surface area contributed by atoms with E-state index in [1.807, 2.05) is 54.6 Å². The Bertz CT molecular complexity index is 1010. The van der Waals surface area contributed by atoms with Crippen LogP contribution in [-0.2, 0) is 0 Å². The van der Waals surface area contributed by atoms with Crippen molar-refractivity contribution in [3.05, 3.63) is 78.4 Å². The van der Waals surface area contributed by atoms with E-state index in [1.165, 1.54) is 5.56 Å². The van der Waals surface area contributed by atoms with Crippen LogP contribution < -0.4 is 9.47 Å². The molecular weight excluding hydrogens is 342 g/mol. The fourth-order valence-electron chi connectivity index (χ4n) is 2.62. The zero-order valence-corrected chi connectivity index (χ0v) is 15.5. The molecule has 4 heteroatoms. The third-order valence-electron chi connectivity index (χ3n) is 4.07. The number of rotatable bonds is 5. The van der Waals surface area contributed by atoms with Crippen LogP contribution in [0.4, 0.5) is 0 Å². The molecule has 26 heavy (non-hydrogen) atoms. The first-order valence-corrected chi connectivity index (χ1v) is 9.40. The van der Waals surface area contributed by atoms with Gasteiger partial charge in [0, 0.05) is 0 Å². The maximum Gasteiger partial charge on any atom is 0.279 e. The van der Waals surface area contributed by atoms with E-state index in [-0.39, 0.29) is 0 Å². The molecule has 4 aromatic rings. The van der Waals surface area contributed by atoms with E-state index >= 15 is 0 Å². The Morgan fingerprint density at radius 2 is 1.42 bits per heavy atom. The van der Waals surface area contributed by atoms with Crippen molar-refractivity contribution in [1.29, 1.82) is 0 Å². The number of ether oxygens (including phenoxy) is 2. The van der Waals surface area contributed by atoms with Crippen LogP contribution in [0, 0.1) is 0 Å². The van der Waals surface area contributed by atoms with Crippen molar-refractivity contribution < 1.29 is 9.47 Å². The van der Waals surface area contributed by atoms with Crippen LogP contribution in [0.1, 0.15) is 25.3 Å². The molecular formula is C22H19NO2S. The Hall–Kier alpha value is -2.85. The number of thiazole rings is 1. The third kappa shape index (κ3) is 3.70. The van der Waals surface area contributed by atoms with E-state index in [2.05, 4.69) is 37.0 Å². The molecule has 0 N–H and O–H groups in total. The SMILES string of the molecule is CC(C)c1ccc2nc(Oc3ccc(Oc4ccccc4)cc3)sc2c1. The lowest BCUT2D eigenvalue weighted by atomic mass is 10.0. The second-order valence-corrected chi connectivity index (χ2v) is 7.34. The van der Waals surface area contributed by atoms with Gasteiger partial charge in [0.1, 0.15) is 17.2 Å². The molecule has 0 aliphatic carbocycles. The second kappa shape index (κ2) is 7.18. The Labute approximate surface area is 156 Å². The number of fused-ring (bicyclic) bond motifs is 1. The summed E-state index contributed by atoms with van der Waals surface area (Å²) in [4.78, 5) is 4.56. The molecule has 4 rings (SSSR count). The van der Waals surface area contributed by atoms with Crippen LogP contribution >= 0.6 is 11.3 Å². The smallest absolute Gasteiger partial charge is 0.279 e. The molecule has 0 aliphatic rings. The standard InChI is InChI=1S/C22H19NO2S/c1-15(2)16-8-13-20-21(14-16)26-22(23-20)25-19-11-9-18(10-12-19)24-17-6-4-3-5-7-17/h3-15H,1-2H3. The minimum Gasteiger partial charge on any atom is -0.457 e. The third-order valence-corrected chi connectivity index (χ3v) is 4.96. The Balaban J connectivity index is 1.49. The molecule has 0 spiro atoms. The Morgan fingerprint density at radius 3 is 2.12 bits per heavy atom. The van der Waals surface area contributed by atoms with Gasteiger partial charge < -0.3 is 9.47 Å². The molecule has 0 bridgehead atoms. The number of benzene rings is 3. The van der Waals surface area contributed by atoms with Crippen molar-refractivity contribution in [2.45, 2.75) is 19.8 Å². The molecule has 130 valence electrons. The van der Waals surface area contributed by atoms with Gasteiger partial charge >= 0.3 is 0 Å². The van der Waals surface area contributed by atoms with Crippen LogP contribution in [0.15, 0.2) is 72.8 Å². The van der Waals surface area contributed by atoms with Crippen LogP contribution in [0.5, 0.6) is 22.4 Å². The van der Waals surface area contributed by atoms with Crippen LogP contribution in [0.2, 0.25) is 0 Å². The molecule has 0 aliphatic heterocycles. The van der Waals surface area contributed by atoms with E-state index in [0.717, 1.165) is 27.5 Å². The topological polar surface area (TPSA) is 31.4 Å². The van der Waals surface area contributed by atoms with Gasteiger partial charge in [0.25, 0.3) is 5.19 Å². The lowest BCUT2D eigenvalue weighted by Gasteiger charge is -2.06. The summed E-state index contributed by atoms with van der Waals surface area (Å²) in [6.45, 7) is 4.39. The molecule has 1 aromatic heterocycles. The van der Waals surface area contributed by atoms with Gasteiger partial charge in [0.05, 0.1) is 10.2 Å². The van der Waals surface area contributed by atoms with E-state index in [4.69, 9.17) is 9.47 Å². The maximum atomic E-state index is 5.92. The largest absolute Gasteiger partial charge is 0.457 e. The van der Waals surface area contributed by atoms with Crippen LogP contribution in [0.3, 0.4) is 0 Å². The first kappa shape index (κ1) is 16.6. The highest BCUT2D eigenvalue weighted by Gasteiger charge is 2.08. The number of hydrogen-bond donors (Lipinski definition) is 0. The minimum atomic E-state index is 0.503. The summed E-state index contributed by atoms with van der Waals surface area (Å²) in [5.41, 5.74) is 2.29. The molecule has 1 heterocycles. The molecule has 0 fully saturated rings. The number of aromatic nitrogens is 1. The molecule has 0 unspecified atom stereocenters. The minimum absolute atomic E-state index is 0.503. The first-order valence-electron chi connectivity index (χ1n) is 8.59. The van der Waals surface area contributed by atoms with Gasteiger partial charge in [-0.3, -0.25) is 0 Å². The molecule has 0 saturated heterocycles. The summed E-state index contributed by atoms with van der Waals surface area (Å²) in [6.07, 6.45) is 0. The molecule has 0 saturated carbocycles. The summed E-state index contributed by atoms with van der Waals surface area (Å²) >= 11 is 1.57. The summed E-state index contributed by atoms with van der Waals surface area (Å²) in [6, 6.07) is 23.7. The lowest BCUT2D eigenvalue weighted by Crippen LogP contribution is -1.86. The normalized spacial score (nSPS) is 11.0. The average molecular weight is 361 g/mol. The van der Waals surface area contributed by atoms with E-state index < -0.39 is 0 Å². The molecule has 0 atom stereocenters. The fraction of sp³-hybridized carbons (Fsp3) is 0.136. The predicted octanol–water partition coefficient (Wildman–Crippen LogP) is 7.00. The Morgan fingerprint density at radius 1 is 0.769 bits per heavy atom. The van der Waals surface area contributed by atoms with E-state index in [1.54, 1.807) is 11.3 Å². The van der Waals surface area contributed by atoms with Gasteiger partial charge in [-0.25, -0.2) is 4.98 Å². The van der Waals surface area contributed by atoms with Gasteiger partial charge in [0.15, 0.2) is 0 Å². The van der Waals surface area contributed by atoms with Crippen molar-refractivity contribution in [1.82, 2.24) is 4.98 Å². The summed E-state index contributed by atoms with van der Waals surface area (Å²) < 4.78 is 12.9. The number of para-hydroxylation sites is 1. The summed E-state index contributed by atoms with van der Waals surface area (Å²) in [5, 5.41) is 0.651. The first-order chi connectivity index (χ1) is 12.7. The predicted molar refractivity (Wildman–Crippen MR) is 107 cm³/mol. The monoisotopic (exact) mass is 361 g/mol. The van der Waals surface area contributed by atoms with E-state index in [9.17, 15) is 0 Å². The summed E-state index contributed by atoms with van der Waals surface area (Å²) in [5.74, 6) is 2.83. The highest BCUT2D eigenvalue weighted by atomic mass is 32.1. The van der Waals surface area contributed by atoms with Gasteiger partial charge in [0.2, 0.25) is 0 Å². The van der Waals surface area contributed by atoms with Crippen molar-refractivity contribution in [3.8, 4) is 22.4 Å². The molecule has 3 aromatic carbocycles. The van der Waals surface area contributed by atoms with E-state index in [0.29, 0.717) is 11.1 Å². The average Bonchev–Trinajstić information content (AvgIpc) is 3.05. The lowest BCUT2D eigenvalue weighted by molar-refractivity contribution is 0.468. The molecule has 0 amide bonds. The highest BCUT2D eigenvalue weighted by Crippen LogP contribution is 2.33. The quantitative estimate of drug-likeness (QED) is 0.383. The second-order valence-electron chi connectivity index (χ2n) is 6.35. The van der Waals surface area contributed by atoms with Gasteiger partial charge in [-0.05, 0) is 60.0 Å². The van der Waals surface area contributed by atoms with Crippen molar-refractivity contribution in [2.24, 2.45) is 0 Å². The van der Waals surface area contributed by atoms with Crippen molar-refractivity contribution in [3.63, 3.8) is 0 Å². The zero-order chi connectivity index (χ0) is 17.9. The van der Waals surface area contributed by atoms with Gasteiger partial charge in [-0.2, -0.15) is 0 Å². The zero-order valence-electron chi connectivity index (χ0n) is 14.7. The van der Waals surface area contributed by atoms with Gasteiger partial charge in [-0.15, -0.1) is 0 Å². The van der Waals surface area contributed by atoms with Crippen molar-refractivity contribution in [2.75, 3.05) is 0 Å². The molecule has 0 radical (unpaired) electrons. The fourth-order valence-corrected chi connectivity index (χ4v) is 3.51. The maximum absolute atomic E-state index is 5.92. The van der Waals surface area contributed by atoms with Crippen LogP contribution in [-0.4, -0.2) is 4.98 Å². The summed E-state index contributed by atoms with van der Waals surface area (Å²) in [7, 11) is 0. The van der Waals surface area contributed by atoms with Gasteiger partial charge in [-0.1, -0.05) is 49.4 Å². The molecule has 3 nitrogen and oxygen atoms in total. The highest BCUT2D eigenvalue weighted by molar-refractivity contribution is 7.20. The van der Waals surface area contributed by atoms with Crippen LogP contribution in [0.25, 0.3) is 10.2 Å². The van der Waals surface area contributed by atoms with Crippen molar-refractivity contribution >= 4 is 21.6 Å².